The van der Waals surface area contributed by atoms with Crippen LogP contribution in [-0.2, 0) is 29.0 Å². The van der Waals surface area contributed by atoms with Gasteiger partial charge in [-0.05, 0) is 64.2 Å². The molecule has 4 aromatic carbocycles. The molecule has 12 nitrogen and oxygen atoms in total. The molecule has 2 N–H and O–H groups in total. The van der Waals surface area contributed by atoms with Crippen LogP contribution in [0.5, 0.6) is 5.75 Å². The summed E-state index contributed by atoms with van der Waals surface area (Å²) < 4.78 is 12.3. The van der Waals surface area contributed by atoms with Gasteiger partial charge in [0.2, 0.25) is 5.90 Å². The molecule has 1 aliphatic rings. The zero-order valence-corrected chi connectivity index (χ0v) is 26.0. The van der Waals surface area contributed by atoms with Crippen molar-refractivity contribution in [3.05, 3.63) is 151 Å². The van der Waals surface area contributed by atoms with E-state index in [1.54, 1.807) is 66.7 Å². The molecule has 5 rings (SSSR count). The fourth-order valence-corrected chi connectivity index (χ4v) is 5.59. The molecule has 13 heteroatoms. The molecule has 0 fully saturated rings. The molecule has 2 atom stereocenters. The Balaban J connectivity index is 1.64. The van der Waals surface area contributed by atoms with Gasteiger partial charge in [-0.1, -0.05) is 82.5 Å². The van der Waals surface area contributed by atoms with Gasteiger partial charge in [0.1, 0.15) is 5.75 Å². The zero-order chi connectivity index (χ0) is 33.1. The molecule has 0 saturated heterocycles. The number of nitrogens with zero attached hydrogens (tertiary/aromatic N) is 7. The molecule has 0 unspecified atom stereocenters. The van der Waals surface area contributed by atoms with Crippen LogP contribution in [0.15, 0.2) is 112 Å². The van der Waals surface area contributed by atoms with Gasteiger partial charge in [0, 0.05) is 57.7 Å². The number of aliphatic hydroxyl groups excluding tert-OH is 1. The number of rotatable bonds is 14. The summed E-state index contributed by atoms with van der Waals surface area (Å²) in [6.45, 7) is 0.616. The van der Waals surface area contributed by atoms with Crippen LogP contribution in [0.4, 0.5) is 5.69 Å². The molecule has 1 heterocycles. The third-order valence-electron chi connectivity index (χ3n) is 7.63. The van der Waals surface area contributed by atoms with E-state index in [9.17, 15) is 10.3 Å². The first-order valence-electron chi connectivity index (χ1n) is 14.8. The summed E-state index contributed by atoms with van der Waals surface area (Å²) in [7, 11) is 0. The van der Waals surface area contributed by atoms with Gasteiger partial charge in [-0.25, -0.2) is 4.99 Å². The Morgan fingerprint density at radius 1 is 1.00 bits per heavy atom. The monoisotopic (exact) mass is 650 g/mol. The van der Waals surface area contributed by atoms with Gasteiger partial charge in [-0.2, -0.15) is 0 Å². The second-order valence-corrected chi connectivity index (χ2v) is 11.1. The molecule has 0 radical (unpaired) electrons. The highest BCUT2D eigenvalue weighted by Crippen LogP contribution is 2.45. The van der Waals surface area contributed by atoms with E-state index in [1.807, 2.05) is 30.3 Å². The number of hydrogen-bond acceptors (Lipinski definition) is 7. The molecule has 0 saturated carbocycles. The molecule has 1 aliphatic heterocycles. The maximum atomic E-state index is 14.6. The first-order valence-corrected chi connectivity index (χ1v) is 15.2. The predicted octanol–water partition coefficient (Wildman–Crippen LogP) is 7.67. The lowest BCUT2D eigenvalue weighted by atomic mass is 9.80. The van der Waals surface area contributed by atoms with Gasteiger partial charge in [-0.15, -0.1) is 0 Å². The van der Waals surface area contributed by atoms with Crippen molar-refractivity contribution in [2.24, 2.45) is 15.2 Å². The summed E-state index contributed by atoms with van der Waals surface area (Å²) in [5, 5.41) is 20.3. The van der Waals surface area contributed by atoms with Crippen molar-refractivity contribution >= 4 is 29.1 Å². The molecule has 0 aromatic heterocycles. The smallest absolute Gasteiger partial charge is 0.252 e. The van der Waals surface area contributed by atoms with E-state index in [1.165, 1.54) is 0 Å². The van der Waals surface area contributed by atoms with E-state index in [-0.39, 0.29) is 32.0 Å². The van der Waals surface area contributed by atoms with Crippen LogP contribution in [0.25, 0.3) is 20.9 Å². The zero-order valence-electron chi connectivity index (χ0n) is 25.2. The Labute approximate surface area is 275 Å². The molecule has 0 aliphatic carbocycles. The number of azide groups is 2. The second-order valence-electron chi connectivity index (χ2n) is 10.7. The third-order valence-corrected chi connectivity index (χ3v) is 7.86. The van der Waals surface area contributed by atoms with Gasteiger partial charge in [0.05, 0.1) is 13.2 Å². The number of aliphatic imine (C=N–C) groups is 1. The fourth-order valence-electron chi connectivity index (χ4n) is 5.37. The van der Waals surface area contributed by atoms with E-state index in [0.717, 1.165) is 16.7 Å². The maximum absolute atomic E-state index is 14.6. The number of amides is 1. The minimum atomic E-state index is -1.60. The topological polar surface area (TPSA) is 178 Å². The van der Waals surface area contributed by atoms with Crippen LogP contribution in [-0.4, -0.2) is 35.7 Å². The van der Waals surface area contributed by atoms with Crippen LogP contribution in [0, 0.1) is 0 Å². The number of hydrogen-bond donors (Lipinski definition) is 2. The number of ether oxygens (including phenoxy) is 2. The van der Waals surface area contributed by atoms with Crippen molar-refractivity contribution in [2.45, 2.75) is 37.6 Å². The van der Waals surface area contributed by atoms with Crippen LogP contribution in [0.1, 0.15) is 40.3 Å². The Bertz CT molecular complexity index is 1860. The van der Waals surface area contributed by atoms with Crippen LogP contribution in [0.3, 0.4) is 0 Å². The SMILES string of the molecule is [N-]=[N+]=NCc1ccccc1C[C@@]1(C(=O)NCc2cccc(Cl)c2)N=C(c2ccc(OCCCO)cc2)O[C@@H]1c1ccccc1N=[N+]=[N-]. The minimum absolute atomic E-state index is 0.0227. The molecule has 47 heavy (non-hydrogen) atoms. The van der Waals surface area contributed by atoms with Crippen LogP contribution < -0.4 is 10.1 Å². The standard InChI is InChI=1S/C34H31ClN8O4/c35-27-10-5-7-23(19-27)21-38-33(45)34(20-25-8-1-2-9-26(25)22-39-42-36)31(29-11-3-4-12-30(29)41-43-37)47-32(40-34)24-13-15-28(16-14-24)46-18-6-17-44/h1-5,7-16,19,31,44H,6,17-18,20-22H2,(H,38,45)/t31-,34-/m1/s1. The highest BCUT2D eigenvalue weighted by atomic mass is 35.5. The normalized spacial score (nSPS) is 16.6. The lowest BCUT2D eigenvalue weighted by Gasteiger charge is -2.32. The number of benzene rings is 4. The number of halogens is 1. The van der Waals surface area contributed by atoms with Gasteiger partial charge in [0.15, 0.2) is 11.6 Å². The Morgan fingerprint density at radius 3 is 2.51 bits per heavy atom. The average molecular weight is 651 g/mol. The van der Waals surface area contributed by atoms with Crippen molar-refractivity contribution in [2.75, 3.05) is 13.2 Å². The largest absolute Gasteiger partial charge is 0.494 e. The van der Waals surface area contributed by atoms with Crippen molar-refractivity contribution in [1.29, 1.82) is 0 Å². The summed E-state index contributed by atoms with van der Waals surface area (Å²) >= 11 is 6.22. The fraction of sp³-hybridized carbons (Fsp3) is 0.235. The molecule has 4 aromatic rings. The molecule has 1 amide bonds. The molecular formula is C34H31ClN8O4. The van der Waals surface area contributed by atoms with Crippen molar-refractivity contribution in [1.82, 2.24) is 5.32 Å². The summed E-state index contributed by atoms with van der Waals surface area (Å²) in [5.74, 6) is 0.373. The lowest BCUT2D eigenvalue weighted by Crippen LogP contribution is -2.49. The van der Waals surface area contributed by atoms with Gasteiger partial charge >= 0.3 is 0 Å². The maximum Gasteiger partial charge on any atom is 0.252 e. The number of carbonyl (C=O) groups is 1. The molecule has 0 spiro atoms. The predicted molar refractivity (Wildman–Crippen MR) is 178 cm³/mol. The average Bonchev–Trinajstić information content (AvgIpc) is 3.48. The van der Waals surface area contributed by atoms with Crippen molar-refractivity contribution in [3.63, 3.8) is 0 Å². The summed E-state index contributed by atoms with van der Waals surface area (Å²) in [6, 6.07) is 28.5. The second kappa shape index (κ2) is 15.7. The van der Waals surface area contributed by atoms with E-state index >= 15 is 0 Å². The molecule has 0 bridgehead atoms. The van der Waals surface area contributed by atoms with Gasteiger partial charge in [-0.3, -0.25) is 4.79 Å². The number of carbonyl (C=O) groups excluding carboxylic acids is 1. The summed E-state index contributed by atoms with van der Waals surface area (Å²) in [6.07, 6.45) is -0.462. The van der Waals surface area contributed by atoms with E-state index in [4.69, 9.17) is 36.7 Å². The lowest BCUT2D eigenvalue weighted by molar-refractivity contribution is -0.129. The number of aliphatic hydroxyl groups is 1. The molecule has 238 valence electrons. The van der Waals surface area contributed by atoms with E-state index < -0.39 is 17.6 Å². The van der Waals surface area contributed by atoms with Crippen molar-refractivity contribution in [3.8, 4) is 5.75 Å². The van der Waals surface area contributed by atoms with Crippen LogP contribution >= 0.6 is 11.6 Å². The Morgan fingerprint density at radius 2 is 1.77 bits per heavy atom. The highest BCUT2D eigenvalue weighted by Gasteiger charge is 2.54. The van der Waals surface area contributed by atoms with E-state index in [2.05, 4.69) is 25.4 Å². The molecular weight excluding hydrogens is 620 g/mol. The third kappa shape index (κ3) is 7.84. The Hall–Kier alpha value is -5.51. The first kappa shape index (κ1) is 32.9. The highest BCUT2D eigenvalue weighted by molar-refractivity contribution is 6.30. The summed E-state index contributed by atoms with van der Waals surface area (Å²) in [4.78, 5) is 25.6. The first-order chi connectivity index (χ1) is 23.0. The van der Waals surface area contributed by atoms with Crippen LogP contribution in [0.2, 0.25) is 5.02 Å². The quantitative estimate of drug-likeness (QED) is 0.0616. The van der Waals surface area contributed by atoms with E-state index in [0.29, 0.717) is 40.6 Å². The van der Waals surface area contributed by atoms with Crippen molar-refractivity contribution < 1.29 is 19.4 Å². The van der Waals surface area contributed by atoms with Gasteiger partial charge < -0.3 is 19.9 Å². The summed E-state index contributed by atoms with van der Waals surface area (Å²) in [5.41, 5.74) is 20.4. The minimum Gasteiger partial charge on any atom is -0.494 e. The van der Waals surface area contributed by atoms with Gasteiger partial charge in [0.25, 0.3) is 5.91 Å². The Kier molecular flexibility index (Phi) is 11.0. The number of nitrogens with one attached hydrogen (secondary N) is 1.